The topological polar surface area (TPSA) is 26.3 Å². The van der Waals surface area contributed by atoms with Crippen LogP contribution in [0.2, 0.25) is 0 Å². The molecule has 0 saturated heterocycles. The van der Waals surface area contributed by atoms with E-state index >= 15 is 0 Å². The molecule has 4 heteroatoms. The molecule has 1 heterocycles. The van der Waals surface area contributed by atoms with Gasteiger partial charge in [-0.05, 0) is 22.4 Å². The highest BCUT2D eigenvalue weighted by atomic mass is 79.9. The molecule has 1 aromatic rings. The van der Waals surface area contributed by atoms with Crippen molar-refractivity contribution in [2.24, 2.45) is 0 Å². The number of carbonyl (C=O) groups excluding carboxylic acids is 1. The van der Waals surface area contributed by atoms with E-state index in [4.69, 9.17) is 0 Å². The number of thiophene rings is 1. The van der Waals surface area contributed by atoms with E-state index in [2.05, 4.69) is 20.7 Å². The zero-order valence-corrected chi connectivity index (χ0v) is 8.31. The summed E-state index contributed by atoms with van der Waals surface area (Å²) in [7, 11) is 1.38. The minimum atomic E-state index is -0.321. The number of esters is 1. The van der Waals surface area contributed by atoms with Gasteiger partial charge in [0.2, 0.25) is 0 Å². The summed E-state index contributed by atoms with van der Waals surface area (Å²) >= 11 is 4.78. The van der Waals surface area contributed by atoms with E-state index in [0.29, 0.717) is 0 Å². The largest absolute Gasteiger partial charge is 0.468 e. The van der Waals surface area contributed by atoms with Crippen LogP contribution in [-0.4, -0.2) is 13.1 Å². The van der Waals surface area contributed by atoms with Crippen molar-refractivity contribution in [1.82, 2.24) is 0 Å². The Morgan fingerprint density at radius 3 is 3.00 bits per heavy atom. The minimum absolute atomic E-state index is 0.261. The lowest BCUT2D eigenvalue weighted by Crippen LogP contribution is -2.06. The molecule has 0 spiro atoms. The van der Waals surface area contributed by atoms with E-state index in [1.165, 1.54) is 7.11 Å². The average molecular weight is 235 g/mol. The molecule has 0 aliphatic rings. The highest BCUT2D eigenvalue weighted by Gasteiger charge is 2.17. The van der Waals surface area contributed by atoms with Crippen molar-refractivity contribution < 1.29 is 9.53 Å². The van der Waals surface area contributed by atoms with E-state index in [0.717, 1.165) is 5.56 Å². The second-order valence-electron chi connectivity index (χ2n) is 1.94. The zero-order valence-electron chi connectivity index (χ0n) is 5.91. The van der Waals surface area contributed by atoms with Crippen molar-refractivity contribution in [3.63, 3.8) is 0 Å². The summed E-state index contributed by atoms with van der Waals surface area (Å²) in [6.07, 6.45) is 0. The Bertz CT molecular complexity index is 233. The van der Waals surface area contributed by atoms with Crippen LogP contribution in [0, 0.1) is 0 Å². The van der Waals surface area contributed by atoms with Crippen molar-refractivity contribution in [3.05, 3.63) is 22.4 Å². The van der Waals surface area contributed by atoms with Crippen molar-refractivity contribution >= 4 is 33.2 Å². The number of rotatable bonds is 2. The molecular formula is C7H7BrO2S. The Balaban J connectivity index is 2.70. The monoisotopic (exact) mass is 234 g/mol. The molecule has 1 rings (SSSR count). The standard InChI is InChI=1S/C7H7BrO2S/c1-10-7(9)6(8)5-2-3-11-4-5/h2-4,6H,1H3/t6-/m0/s1. The van der Waals surface area contributed by atoms with Gasteiger partial charge < -0.3 is 4.74 Å². The van der Waals surface area contributed by atoms with E-state index < -0.39 is 0 Å². The Morgan fingerprint density at radius 1 is 1.82 bits per heavy atom. The molecule has 0 unspecified atom stereocenters. The summed E-state index contributed by atoms with van der Waals surface area (Å²) in [4.78, 5) is 10.6. The maximum Gasteiger partial charge on any atom is 0.324 e. The maximum atomic E-state index is 10.9. The number of carbonyl (C=O) groups is 1. The van der Waals surface area contributed by atoms with Crippen LogP contribution >= 0.6 is 27.3 Å². The number of hydrogen-bond donors (Lipinski definition) is 0. The molecule has 0 fully saturated rings. The Hall–Kier alpha value is -0.350. The van der Waals surface area contributed by atoms with Gasteiger partial charge in [0, 0.05) is 0 Å². The van der Waals surface area contributed by atoms with Crippen LogP contribution < -0.4 is 0 Å². The van der Waals surface area contributed by atoms with Crippen molar-refractivity contribution in [1.29, 1.82) is 0 Å². The summed E-state index contributed by atoms with van der Waals surface area (Å²) in [5.41, 5.74) is 0.946. The molecule has 1 aromatic heterocycles. The van der Waals surface area contributed by atoms with Gasteiger partial charge >= 0.3 is 5.97 Å². The van der Waals surface area contributed by atoms with Gasteiger partial charge in [-0.2, -0.15) is 11.3 Å². The fraction of sp³-hybridized carbons (Fsp3) is 0.286. The molecule has 11 heavy (non-hydrogen) atoms. The highest BCUT2D eigenvalue weighted by Crippen LogP contribution is 2.25. The Kier molecular flexibility index (Phi) is 3.08. The molecular weight excluding hydrogens is 228 g/mol. The molecule has 0 bridgehead atoms. The number of alkyl halides is 1. The second-order valence-corrected chi connectivity index (χ2v) is 3.64. The van der Waals surface area contributed by atoms with Gasteiger partial charge in [0.1, 0.15) is 4.83 Å². The predicted octanol–water partition coefficient (Wildman–Crippen LogP) is 2.36. The van der Waals surface area contributed by atoms with E-state index in [9.17, 15) is 4.79 Å². The first-order valence-electron chi connectivity index (χ1n) is 2.99. The first-order chi connectivity index (χ1) is 5.25. The lowest BCUT2D eigenvalue weighted by atomic mass is 10.2. The number of methoxy groups -OCH3 is 1. The van der Waals surface area contributed by atoms with E-state index in [1.54, 1.807) is 11.3 Å². The fourth-order valence-corrected chi connectivity index (χ4v) is 1.99. The van der Waals surface area contributed by atoms with Gasteiger partial charge in [0.05, 0.1) is 7.11 Å². The van der Waals surface area contributed by atoms with Crippen molar-refractivity contribution in [2.45, 2.75) is 4.83 Å². The third kappa shape index (κ3) is 2.04. The normalized spacial score (nSPS) is 12.5. The molecule has 0 N–H and O–H groups in total. The third-order valence-corrected chi connectivity index (χ3v) is 2.85. The van der Waals surface area contributed by atoms with Crippen LogP contribution in [0.4, 0.5) is 0 Å². The molecule has 0 amide bonds. The second kappa shape index (κ2) is 3.88. The first-order valence-corrected chi connectivity index (χ1v) is 4.85. The third-order valence-electron chi connectivity index (χ3n) is 1.24. The summed E-state index contributed by atoms with van der Waals surface area (Å²) in [5.74, 6) is -0.261. The Labute approximate surface area is 77.3 Å². The average Bonchev–Trinajstić information content (AvgIpc) is 2.53. The minimum Gasteiger partial charge on any atom is -0.468 e. The van der Waals surface area contributed by atoms with E-state index in [-0.39, 0.29) is 10.8 Å². The first kappa shape index (κ1) is 8.74. The summed E-state index contributed by atoms with van der Waals surface area (Å²) in [6, 6.07) is 1.89. The van der Waals surface area contributed by atoms with E-state index in [1.807, 2.05) is 16.8 Å². The fourth-order valence-electron chi connectivity index (χ4n) is 0.659. The molecule has 0 radical (unpaired) electrons. The van der Waals surface area contributed by atoms with Gasteiger partial charge in [0.25, 0.3) is 0 Å². The number of hydrogen-bond acceptors (Lipinski definition) is 3. The van der Waals surface area contributed by atoms with Crippen LogP contribution in [0.5, 0.6) is 0 Å². The molecule has 0 aromatic carbocycles. The maximum absolute atomic E-state index is 10.9. The van der Waals surface area contributed by atoms with Crippen LogP contribution in [-0.2, 0) is 9.53 Å². The summed E-state index contributed by atoms with van der Waals surface area (Å²) < 4.78 is 4.55. The van der Waals surface area contributed by atoms with Crippen LogP contribution in [0.3, 0.4) is 0 Å². The Morgan fingerprint density at radius 2 is 2.55 bits per heavy atom. The van der Waals surface area contributed by atoms with Crippen molar-refractivity contribution in [3.8, 4) is 0 Å². The number of halogens is 1. The zero-order chi connectivity index (χ0) is 8.27. The van der Waals surface area contributed by atoms with Crippen LogP contribution in [0.25, 0.3) is 0 Å². The van der Waals surface area contributed by atoms with Gasteiger partial charge in [-0.15, -0.1) is 0 Å². The van der Waals surface area contributed by atoms with Crippen molar-refractivity contribution in [2.75, 3.05) is 7.11 Å². The lowest BCUT2D eigenvalue weighted by Gasteiger charge is -2.03. The molecule has 60 valence electrons. The smallest absolute Gasteiger partial charge is 0.324 e. The predicted molar refractivity (Wildman–Crippen MR) is 48.0 cm³/mol. The molecule has 1 atom stereocenters. The van der Waals surface area contributed by atoms with Crippen LogP contribution in [0.15, 0.2) is 16.8 Å². The van der Waals surface area contributed by atoms with Gasteiger partial charge in [0.15, 0.2) is 0 Å². The summed E-state index contributed by atoms with van der Waals surface area (Å²) in [5, 5.41) is 3.84. The summed E-state index contributed by atoms with van der Waals surface area (Å²) in [6.45, 7) is 0. The van der Waals surface area contributed by atoms with Gasteiger partial charge in [-0.25, -0.2) is 0 Å². The van der Waals surface area contributed by atoms with Gasteiger partial charge in [-0.3, -0.25) is 4.79 Å². The number of ether oxygens (including phenoxy) is 1. The SMILES string of the molecule is COC(=O)[C@@H](Br)c1ccsc1. The van der Waals surface area contributed by atoms with Gasteiger partial charge in [-0.1, -0.05) is 15.9 Å². The van der Waals surface area contributed by atoms with Crippen LogP contribution in [0.1, 0.15) is 10.4 Å². The quantitative estimate of drug-likeness (QED) is 0.581. The lowest BCUT2D eigenvalue weighted by molar-refractivity contribution is -0.139. The highest BCUT2D eigenvalue weighted by molar-refractivity contribution is 9.09. The molecule has 0 aliphatic heterocycles. The molecule has 2 nitrogen and oxygen atoms in total. The molecule has 0 saturated carbocycles. The molecule has 0 aliphatic carbocycles.